The highest BCUT2D eigenvalue weighted by molar-refractivity contribution is 7.07. The van der Waals surface area contributed by atoms with Crippen LogP contribution >= 0.6 is 11.3 Å². The Morgan fingerprint density at radius 2 is 2.09 bits per heavy atom. The molecule has 2 unspecified atom stereocenters. The third kappa shape index (κ3) is 3.19. The fourth-order valence-corrected chi connectivity index (χ4v) is 5.31. The number of hydrogen-bond acceptors (Lipinski definition) is 6. The van der Waals surface area contributed by atoms with Crippen molar-refractivity contribution in [3.63, 3.8) is 0 Å². The molecule has 3 aliphatic heterocycles. The lowest BCUT2D eigenvalue weighted by Crippen LogP contribution is -2.47. The number of amides is 3. The van der Waals surface area contributed by atoms with Crippen LogP contribution < -0.4 is 14.8 Å². The lowest BCUT2D eigenvalue weighted by atomic mass is 9.84. The first kappa shape index (κ1) is 20.2. The number of urea groups is 1. The number of thiophene rings is 1. The molecule has 1 N–H and O–H groups in total. The summed E-state index contributed by atoms with van der Waals surface area (Å²) in [6, 6.07) is 11.2. The summed E-state index contributed by atoms with van der Waals surface area (Å²) in [6.07, 6.45) is -0.318. The van der Waals surface area contributed by atoms with E-state index >= 15 is 0 Å². The van der Waals surface area contributed by atoms with Gasteiger partial charge in [0.15, 0.2) is 5.54 Å². The Kier molecular flexibility index (Phi) is 4.63. The molecule has 3 amide bonds. The molecular weight excluding hydrogens is 447 g/mol. The molecule has 2 aromatic carbocycles. The lowest BCUT2D eigenvalue weighted by Gasteiger charge is -2.33. The number of imide groups is 1. The molecule has 0 aliphatic carbocycles. The van der Waals surface area contributed by atoms with Gasteiger partial charge in [0.05, 0.1) is 19.8 Å². The van der Waals surface area contributed by atoms with Crippen LogP contribution in [-0.4, -0.2) is 23.4 Å². The van der Waals surface area contributed by atoms with Gasteiger partial charge >= 0.3 is 6.03 Å². The quantitative estimate of drug-likeness (QED) is 0.585. The molecule has 0 radical (unpaired) electrons. The van der Waals surface area contributed by atoms with Gasteiger partial charge in [0.25, 0.3) is 5.91 Å². The maximum Gasteiger partial charge on any atom is 0.325 e. The first-order chi connectivity index (χ1) is 16.0. The summed E-state index contributed by atoms with van der Waals surface area (Å²) >= 11 is 1.52. The molecule has 2 atom stereocenters. The minimum Gasteiger partial charge on any atom is -0.493 e. The van der Waals surface area contributed by atoms with E-state index in [1.165, 1.54) is 23.5 Å². The normalized spacial score (nSPS) is 23.5. The van der Waals surface area contributed by atoms with Gasteiger partial charge in [-0.25, -0.2) is 9.18 Å². The first-order valence-corrected chi connectivity index (χ1v) is 11.5. The zero-order chi connectivity index (χ0) is 22.6. The second-order valence-corrected chi connectivity index (χ2v) is 8.97. The number of carbonyl (C=O) groups is 2. The van der Waals surface area contributed by atoms with E-state index in [4.69, 9.17) is 14.2 Å². The molecule has 6 rings (SSSR count). The average molecular weight is 466 g/mol. The van der Waals surface area contributed by atoms with E-state index in [0.717, 1.165) is 10.5 Å². The van der Waals surface area contributed by atoms with Crippen molar-refractivity contribution < 1.29 is 28.2 Å². The van der Waals surface area contributed by atoms with Crippen molar-refractivity contribution in [1.29, 1.82) is 0 Å². The fraction of sp³-hybridized carbons (Fsp3) is 0.250. The summed E-state index contributed by atoms with van der Waals surface area (Å²) in [7, 11) is 0. The van der Waals surface area contributed by atoms with Gasteiger partial charge in [0.2, 0.25) is 6.29 Å². The predicted molar refractivity (Wildman–Crippen MR) is 116 cm³/mol. The van der Waals surface area contributed by atoms with Crippen LogP contribution in [-0.2, 0) is 28.2 Å². The Morgan fingerprint density at radius 3 is 2.94 bits per heavy atom. The molecule has 0 bridgehead atoms. The number of ether oxygens (including phenoxy) is 3. The van der Waals surface area contributed by atoms with Crippen LogP contribution in [0.2, 0.25) is 0 Å². The van der Waals surface area contributed by atoms with Gasteiger partial charge in [-0.2, -0.15) is 11.3 Å². The van der Waals surface area contributed by atoms with E-state index in [0.29, 0.717) is 41.2 Å². The molecule has 3 aliphatic rings. The number of nitrogens with one attached hydrogen (secondary N) is 1. The monoisotopic (exact) mass is 466 g/mol. The number of rotatable bonds is 3. The highest BCUT2D eigenvalue weighted by atomic mass is 32.1. The maximum atomic E-state index is 14.4. The van der Waals surface area contributed by atoms with E-state index in [2.05, 4.69) is 5.32 Å². The average Bonchev–Trinajstić information content (AvgIpc) is 3.43. The van der Waals surface area contributed by atoms with Gasteiger partial charge in [-0.05, 0) is 29.6 Å². The Labute approximate surface area is 192 Å². The second-order valence-electron chi connectivity index (χ2n) is 8.19. The summed E-state index contributed by atoms with van der Waals surface area (Å²) in [6.45, 7) is 0.344. The highest BCUT2D eigenvalue weighted by Crippen LogP contribution is 2.43. The van der Waals surface area contributed by atoms with Gasteiger partial charge < -0.3 is 19.5 Å². The smallest absolute Gasteiger partial charge is 0.325 e. The van der Waals surface area contributed by atoms with Crippen LogP contribution in [0.15, 0.2) is 53.2 Å². The molecule has 4 heterocycles. The molecular formula is C24H19FN2O5S. The third-order valence-corrected chi connectivity index (χ3v) is 6.93. The molecule has 168 valence electrons. The summed E-state index contributed by atoms with van der Waals surface area (Å²) in [5.74, 6) is 0.139. The molecule has 3 aromatic rings. The van der Waals surface area contributed by atoms with Crippen molar-refractivity contribution >= 4 is 23.3 Å². The first-order valence-electron chi connectivity index (χ1n) is 10.5. The van der Waals surface area contributed by atoms with E-state index in [1.54, 1.807) is 18.2 Å². The third-order valence-electron chi connectivity index (χ3n) is 6.22. The minimum absolute atomic E-state index is 0.119. The molecule has 7 nitrogen and oxygen atoms in total. The molecule has 9 heteroatoms. The van der Waals surface area contributed by atoms with Crippen molar-refractivity contribution in [2.75, 3.05) is 6.61 Å². The Bertz CT molecular complexity index is 1260. The van der Waals surface area contributed by atoms with Crippen LogP contribution in [0.1, 0.15) is 35.0 Å². The Hall–Kier alpha value is -3.43. The highest BCUT2D eigenvalue weighted by Gasteiger charge is 2.55. The van der Waals surface area contributed by atoms with Crippen molar-refractivity contribution in [2.24, 2.45) is 0 Å². The van der Waals surface area contributed by atoms with Gasteiger partial charge in [0, 0.05) is 34.1 Å². The molecule has 1 aromatic heterocycles. The largest absolute Gasteiger partial charge is 0.493 e. The van der Waals surface area contributed by atoms with E-state index in [9.17, 15) is 14.0 Å². The Balaban J connectivity index is 1.34. The van der Waals surface area contributed by atoms with Crippen molar-refractivity contribution in [3.05, 3.63) is 81.3 Å². The van der Waals surface area contributed by atoms with Crippen molar-refractivity contribution in [3.8, 4) is 11.5 Å². The van der Waals surface area contributed by atoms with Crippen LogP contribution in [0.3, 0.4) is 0 Å². The SMILES string of the molecule is O=C1NC2(CCOc3ccccc32)C(=O)N1Cc1cc(F)cc2c1OC(c1ccsc1)OC2. The fourth-order valence-electron chi connectivity index (χ4n) is 4.65. The number of hydrogen-bond donors (Lipinski definition) is 1. The zero-order valence-corrected chi connectivity index (χ0v) is 18.2. The Morgan fingerprint density at radius 1 is 1.21 bits per heavy atom. The van der Waals surface area contributed by atoms with Crippen LogP contribution in [0.5, 0.6) is 11.5 Å². The summed E-state index contributed by atoms with van der Waals surface area (Å²) in [4.78, 5) is 27.7. The summed E-state index contributed by atoms with van der Waals surface area (Å²) in [5.41, 5.74) is 1.24. The van der Waals surface area contributed by atoms with Gasteiger partial charge in [-0.3, -0.25) is 9.69 Å². The number of benzene rings is 2. The predicted octanol–water partition coefficient (Wildman–Crippen LogP) is 4.22. The van der Waals surface area contributed by atoms with Gasteiger partial charge in [-0.15, -0.1) is 0 Å². The van der Waals surface area contributed by atoms with Gasteiger partial charge in [0.1, 0.15) is 17.3 Å². The number of para-hydroxylation sites is 1. The molecule has 1 spiro atoms. The minimum atomic E-state index is -1.19. The van der Waals surface area contributed by atoms with E-state index < -0.39 is 23.7 Å². The maximum absolute atomic E-state index is 14.4. The second kappa shape index (κ2) is 7.57. The topological polar surface area (TPSA) is 77.1 Å². The zero-order valence-electron chi connectivity index (χ0n) is 17.4. The molecule has 1 fully saturated rings. The van der Waals surface area contributed by atoms with Crippen LogP contribution in [0.4, 0.5) is 9.18 Å². The van der Waals surface area contributed by atoms with E-state index in [1.807, 2.05) is 22.9 Å². The number of halogens is 1. The van der Waals surface area contributed by atoms with E-state index in [-0.39, 0.29) is 19.1 Å². The summed E-state index contributed by atoms with van der Waals surface area (Å²) in [5, 5.41) is 6.71. The number of fused-ring (bicyclic) bond motifs is 3. The molecule has 1 saturated heterocycles. The van der Waals surface area contributed by atoms with Crippen LogP contribution in [0.25, 0.3) is 0 Å². The van der Waals surface area contributed by atoms with Crippen molar-refractivity contribution in [1.82, 2.24) is 10.2 Å². The molecule has 33 heavy (non-hydrogen) atoms. The standard InChI is InChI=1S/C24H19FN2O5S/c25-17-9-15(20-16(10-17)12-31-21(32-20)14-5-8-33-13-14)11-27-22(28)24(26-23(27)29)6-7-30-19-4-2-1-3-18(19)24/h1-5,8-10,13,21H,6-7,11-12H2,(H,26,29). The molecule has 0 saturated carbocycles. The lowest BCUT2D eigenvalue weighted by molar-refractivity contribution is -0.133. The number of carbonyl (C=O) groups excluding carboxylic acids is 2. The van der Waals surface area contributed by atoms with Crippen molar-refractivity contribution in [2.45, 2.75) is 31.4 Å². The summed E-state index contributed by atoms with van der Waals surface area (Å²) < 4.78 is 31.9. The van der Waals surface area contributed by atoms with Crippen LogP contribution in [0, 0.1) is 5.82 Å². The van der Waals surface area contributed by atoms with Gasteiger partial charge in [-0.1, -0.05) is 18.2 Å². The number of nitrogens with zero attached hydrogens (tertiary/aromatic N) is 1.